The SMILES string of the molecule is Cc1ccc(NC(=O)c2cc(OCc3ccccc3)c3c(c2)C(=O)N(C2CC2)CC3)nc1. The summed E-state index contributed by atoms with van der Waals surface area (Å²) in [4.78, 5) is 32.4. The summed E-state index contributed by atoms with van der Waals surface area (Å²) in [6.45, 7) is 3.01. The predicted octanol–water partition coefficient (Wildman–Crippen LogP) is 4.38. The van der Waals surface area contributed by atoms with E-state index in [2.05, 4.69) is 10.3 Å². The van der Waals surface area contributed by atoms with Gasteiger partial charge in [0.2, 0.25) is 0 Å². The van der Waals surface area contributed by atoms with Crippen LogP contribution in [0, 0.1) is 6.92 Å². The van der Waals surface area contributed by atoms with E-state index in [0.29, 0.717) is 41.9 Å². The maximum Gasteiger partial charge on any atom is 0.256 e. The van der Waals surface area contributed by atoms with Crippen molar-refractivity contribution in [2.45, 2.75) is 38.8 Å². The Kier molecular flexibility index (Phi) is 5.35. The minimum atomic E-state index is -0.315. The van der Waals surface area contributed by atoms with Crippen LogP contribution in [-0.2, 0) is 13.0 Å². The number of hydrogen-bond acceptors (Lipinski definition) is 4. The Morgan fingerprint density at radius 3 is 2.69 bits per heavy atom. The molecule has 32 heavy (non-hydrogen) atoms. The lowest BCUT2D eigenvalue weighted by molar-refractivity contribution is 0.0725. The number of nitrogens with zero attached hydrogens (tertiary/aromatic N) is 2. The molecule has 0 saturated heterocycles. The monoisotopic (exact) mass is 427 g/mol. The second kappa shape index (κ2) is 8.46. The second-order valence-electron chi connectivity index (χ2n) is 8.43. The van der Waals surface area contributed by atoms with Crippen molar-refractivity contribution in [1.82, 2.24) is 9.88 Å². The quantitative estimate of drug-likeness (QED) is 0.634. The third-order valence-corrected chi connectivity index (χ3v) is 5.94. The molecule has 6 nitrogen and oxygen atoms in total. The Morgan fingerprint density at radius 2 is 1.97 bits per heavy atom. The molecule has 0 unspecified atom stereocenters. The lowest BCUT2D eigenvalue weighted by atomic mass is 9.95. The second-order valence-corrected chi connectivity index (χ2v) is 8.43. The molecule has 3 aromatic rings. The summed E-state index contributed by atoms with van der Waals surface area (Å²) in [6.07, 6.45) is 4.53. The number of fused-ring (bicyclic) bond motifs is 1. The minimum Gasteiger partial charge on any atom is -0.489 e. The van der Waals surface area contributed by atoms with E-state index in [0.717, 1.165) is 36.0 Å². The van der Waals surface area contributed by atoms with Crippen molar-refractivity contribution in [3.05, 3.63) is 88.6 Å². The molecule has 1 N–H and O–H groups in total. The minimum absolute atomic E-state index is 0.0126. The highest BCUT2D eigenvalue weighted by molar-refractivity contribution is 6.07. The van der Waals surface area contributed by atoms with Crippen LogP contribution in [-0.4, -0.2) is 34.3 Å². The van der Waals surface area contributed by atoms with Crippen molar-refractivity contribution < 1.29 is 14.3 Å². The number of benzene rings is 2. The van der Waals surface area contributed by atoms with Crippen molar-refractivity contribution in [1.29, 1.82) is 0 Å². The normalized spacial score (nSPS) is 15.3. The largest absolute Gasteiger partial charge is 0.489 e. The summed E-state index contributed by atoms with van der Waals surface area (Å²) in [5, 5.41) is 2.82. The molecule has 1 aliphatic heterocycles. The lowest BCUT2D eigenvalue weighted by Crippen LogP contribution is -2.39. The van der Waals surface area contributed by atoms with Crippen LogP contribution >= 0.6 is 0 Å². The number of pyridine rings is 1. The fourth-order valence-corrected chi connectivity index (χ4v) is 4.04. The third-order valence-electron chi connectivity index (χ3n) is 5.94. The highest BCUT2D eigenvalue weighted by atomic mass is 16.5. The lowest BCUT2D eigenvalue weighted by Gasteiger charge is -2.30. The van der Waals surface area contributed by atoms with Crippen molar-refractivity contribution >= 4 is 17.6 Å². The molecule has 1 aliphatic carbocycles. The average Bonchev–Trinajstić information content (AvgIpc) is 3.65. The fourth-order valence-electron chi connectivity index (χ4n) is 4.04. The van der Waals surface area contributed by atoms with Crippen LogP contribution in [0.15, 0.2) is 60.8 Å². The predicted molar refractivity (Wildman–Crippen MR) is 122 cm³/mol. The Labute approximate surface area is 187 Å². The molecule has 1 aromatic heterocycles. The number of aromatic nitrogens is 1. The zero-order valence-electron chi connectivity index (χ0n) is 18.0. The van der Waals surface area contributed by atoms with Gasteiger partial charge in [0.05, 0.1) is 0 Å². The van der Waals surface area contributed by atoms with Gasteiger partial charge in [0.15, 0.2) is 0 Å². The Bertz CT molecular complexity index is 1150. The van der Waals surface area contributed by atoms with Gasteiger partial charge in [-0.15, -0.1) is 0 Å². The van der Waals surface area contributed by atoms with Crippen LogP contribution in [0.3, 0.4) is 0 Å². The van der Waals surface area contributed by atoms with E-state index in [-0.39, 0.29) is 11.8 Å². The van der Waals surface area contributed by atoms with E-state index in [4.69, 9.17) is 4.74 Å². The maximum atomic E-state index is 13.2. The molecule has 5 rings (SSSR count). The van der Waals surface area contributed by atoms with Crippen molar-refractivity contribution in [2.75, 3.05) is 11.9 Å². The molecule has 0 atom stereocenters. The zero-order chi connectivity index (χ0) is 22.1. The summed E-state index contributed by atoms with van der Waals surface area (Å²) in [5.74, 6) is 0.736. The van der Waals surface area contributed by atoms with Gasteiger partial charge in [-0.3, -0.25) is 9.59 Å². The van der Waals surface area contributed by atoms with E-state index in [1.165, 1.54) is 0 Å². The number of hydrogen-bond donors (Lipinski definition) is 1. The Morgan fingerprint density at radius 1 is 1.16 bits per heavy atom. The van der Waals surface area contributed by atoms with Gasteiger partial charge >= 0.3 is 0 Å². The molecule has 2 amide bonds. The molecular formula is C26H25N3O3. The van der Waals surface area contributed by atoms with E-state index in [1.54, 1.807) is 24.4 Å². The zero-order valence-corrected chi connectivity index (χ0v) is 18.0. The van der Waals surface area contributed by atoms with Crippen LogP contribution in [0.1, 0.15) is 50.2 Å². The highest BCUT2D eigenvalue weighted by Gasteiger charge is 2.37. The molecule has 1 fully saturated rings. The van der Waals surface area contributed by atoms with Gasteiger partial charge in [0.25, 0.3) is 11.8 Å². The first-order valence-electron chi connectivity index (χ1n) is 11.0. The van der Waals surface area contributed by atoms with Gasteiger partial charge in [-0.05, 0) is 55.5 Å². The van der Waals surface area contributed by atoms with Gasteiger partial charge in [0.1, 0.15) is 18.2 Å². The highest BCUT2D eigenvalue weighted by Crippen LogP contribution is 2.36. The van der Waals surface area contributed by atoms with Crippen LogP contribution < -0.4 is 10.1 Å². The summed E-state index contributed by atoms with van der Waals surface area (Å²) in [6, 6.07) is 17.3. The average molecular weight is 428 g/mol. The number of carbonyl (C=O) groups excluding carboxylic acids is 2. The number of rotatable bonds is 6. The summed E-state index contributed by atoms with van der Waals surface area (Å²) < 4.78 is 6.14. The van der Waals surface area contributed by atoms with Crippen LogP contribution in [0.25, 0.3) is 0 Å². The maximum absolute atomic E-state index is 13.2. The van der Waals surface area contributed by atoms with Crippen LogP contribution in [0.2, 0.25) is 0 Å². The van der Waals surface area contributed by atoms with E-state index < -0.39 is 0 Å². The topological polar surface area (TPSA) is 71.5 Å². The van der Waals surface area contributed by atoms with E-state index in [1.807, 2.05) is 48.2 Å². The molecule has 0 radical (unpaired) electrons. The first kappa shape index (κ1) is 20.2. The van der Waals surface area contributed by atoms with Crippen LogP contribution in [0.4, 0.5) is 5.82 Å². The molecule has 6 heteroatoms. The number of amides is 2. The van der Waals surface area contributed by atoms with Crippen LogP contribution in [0.5, 0.6) is 5.75 Å². The molecular weight excluding hydrogens is 402 g/mol. The van der Waals surface area contributed by atoms with Gasteiger partial charge < -0.3 is 15.0 Å². The Hall–Kier alpha value is -3.67. The molecule has 2 aromatic carbocycles. The fraction of sp³-hybridized carbons (Fsp3) is 0.269. The number of ether oxygens (including phenoxy) is 1. The summed E-state index contributed by atoms with van der Waals surface area (Å²) in [7, 11) is 0. The number of anilines is 1. The van der Waals surface area contributed by atoms with E-state index in [9.17, 15) is 9.59 Å². The molecule has 162 valence electrons. The van der Waals surface area contributed by atoms with Crippen molar-refractivity contribution in [3.63, 3.8) is 0 Å². The van der Waals surface area contributed by atoms with Gasteiger partial charge in [-0.2, -0.15) is 0 Å². The molecule has 2 heterocycles. The molecule has 0 spiro atoms. The van der Waals surface area contributed by atoms with Crippen molar-refractivity contribution in [2.24, 2.45) is 0 Å². The van der Waals surface area contributed by atoms with Gasteiger partial charge in [-0.1, -0.05) is 36.4 Å². The van der Waals surface area contributed by atoms with Gasteiger partial charge in [0, 0.05) is 35.5 Å². The van der Waals surface area contributed by atoms with E-state index >= 15 is 0 Å². The summed E-state index contributed by atoms with van der Waals surface area (Å²) >= 11 is 0. The van der Waals surface area contributed by atoms with Gasteiger partial charge in [-0.25, -0.2) is 4.98 Å². The summed E-state index contributed by atoms with van der Waals surface area (Å²) in [5.41, 5.74) is 3.88. The smallest absolute Gasteiger partial charge is 0.256 e. The first-order valence-corrected chi connectivity index (χ1v) is 11.0. The van der Waals surface area contributed by atoms with Crippen molar-refractivity contribution in [3.8, 4) is 5.75 Å². The first-order chi connectivity index (χ1) is 15.6. The Balaban J connectivity index is 1.46. The molecule has 0 bridgehead atoms. The molecule has 2 aliphatic rings. The standard InChI is InChI=1S/C26H25N3O3/c1-17-7-10-24(27-15-17)28-25(30)19-13-22-21(11-12-29(26(22)31)20-8-9-20)23(14-19)32-16-18-5-3-2-4-6-18/h2-7,10,13-15,20H,8-9,11-12,16H2,1H3,(H,27,28,30). The number of carbonyl (C=O) groups is 2. The molecule has 1 saturated carbocycles. The number of nitrogens with one attached hydrogen (secondary N) is 1. The third kappa shape index (κ3) is 4.21. The number of aryl methyl sites for hydroxylation is 1.